The Morgan fingerprint density at radius 1 is 1.14 bits per heavy atom. The molecular weight excluding hydrogens is 290 g/mol. The molecule has 1 saturated heterocycles. The Hall–Kier alpha value is -0.170. The van der Waals surface area contributed by atoms with Gasteiger partial charge in [-0.2, -0.15) is 0 Å². The summed E-state index contributed by atoms with van der Waals surface area (Å²) in [6.07, 6.45) is 5.72. The van der Waals surface area contributed by atoms with Gasteiger partial charge in [0.25, 0.3) is 0 Å². The summed E-state index contributed by atoms with van der Waals surface area (Å²) in [6, 6.07) is 0.207. The molecule has 124 valence electrons. The van der Waals surface area contributed by atoms with E-state index in [-0.39, 0.29) is 17.5 Å². The van der Waals surface area contributed by atoms with E-state index < -0.39 is 15.9 Å². The zero-order valence-electron chi connectivity index (χ0n) is 13.0. The Kier molecular flexibility index (Phi) is 6.47. The predicted octanol–water partition coefficient (Wildman–Crippen LogP) is 1.11. The molecule has 1 unspecified atom stereocenters. The molecule has 5 nitrogen and oxygen atoms in total. The number of aliphatic hydroxyl groups excluding tert-OH is 1. The van der Waals surface area contributed by atoms with Crippen molar-refractivity contribution < 1.29 is 18.3 Å². The molecule has 1 atom stereocenters. The summed E-state index contributed by atoms with van der Waals surface area (Å²) >= 11 is 0. The highest BCUT2D eigenvalue weighted by molar-refractivity contribution is 7.91. The monoisotopic (exact) mass is 319 g/mol. The van der Waals surface area contributed by atoms with Crippen LogP contribution in [-0.4, -0.2) is 56.4 Å². The summed E-state index contributed by atoms with van der Waals surface area (Å²) in [6.45, 7) is 3.13. The average Bonchev–Trinajstić information content (AvgIpc) is 2.45. The molecule has 0 bridgehead atoms. The van der Waals surface area contributed by atoms with Crippen molar-refractivity contribution in [2.75, 3.05) is 24.7 Å². The third-order valence-electron chi connectivity index (χ3n) is 4.68. The first-order valence-electron chi connectivity index (χ1n) is 8.18. The predicted molar refractivity (Wildman–Crippen MR) is 83.1 cm³/mol. The fraction of sp³-hybridized carbons (Fsp3) is 1.00. The molecule has 6 heteroatoms. The first-order chi connectivity index (χ1) is 9.94. The maximum absolute atomic E-state index is 11.3. The lowest BCUT2D eigenvalue weighted by atomic mass is 9.89. The Bertz CT molecular complexity index is 390. The zero-order chi connectivity index (χ0) is 15.3. The van der Waals surface area contributed by atoms with Crippen LogP contribution in [0.4, 0.5) is 0 Å². The number of rotatable bonds is 6. The second-order valence-corrected chi connectivity index (χ2v) is 9.01. The number of hydrogen-bond acceptors (Lipinski definition) is 5. The summed E-state index contributed by atoms with van der Waals surface area (Å²) in [5, 5.41) is 13.2. The summed E-state index contributed by atoms with van der Waals surface area (Å²) in [5.41, 5.74) is 0. The van der Waals surface area contributed by atoms with Gasteiger partial charge in [-0.05, 0) is 44.4 Å². The van der Waals surface area contributed by atoms with Crippen molar-refractivity contribution in [3.63, 3.8) is 0 Å². The second kappa shape index (κ2) is 7.90. The van der Waals surface area contributed by atoms with Gasteiger partial charge in [0.1, 0.15) is 9.84 Å². The molecule has 0 aromatic rings. The van der Waals surface area contributed by atoms with Crippen molar-refractivity contribution in [2.45, 2.75) is 63.7 Å². The molecular formula is C15H29NO4S. The number of nitrogens with one attached hydrogen (secondary N) is 1. The third kappa shape index (κ3) is 6.22. The van der Waals surface area contributed by atoms with Crippen molar-refractivity contribution in [3.05, 3.63) is 0 Å². The average molecular weight is 319 g/mol. The first kappa shape index (κ1) is 17.2. The van der Waals surface area contributed by atoms with Gasteiger partial charge < -0.3 is 15.2 Å². The fourth-order valence-corrected chi connectivity index (χ4v) is 4.59. The molecule has 1 aliphatic carbocycles. The van der Waals surface area contributed by atoms with Gasteiger partial charge >= 0.3 is 0 Å². The van der Waals surface area contributed by atoms with E-state index in [2.05, 4.69) is 12.2 Å². The van der Waals surface area contributed by atoms with Crippen LogP contribution in [-0.2, 0) is 14.6 Å². The Labute approximate surface area is 128 Å². The quantitative estimate of drug-likeness (QED) is 0.767. The van der Waals surface area contributed by atoms with Gasteiger partial charge in [0.15, 0.2) is 0 Å². The van der Waals surface area contributed by atoms with Gasteiger partial charge in [-0.1, -0.05) is 6.92 Å². The highest BCUT2D eigenvalue weighted by atomic mass is 32.2. The lowest BCUT2D eigenvalue weighted by Gasteiger charge is -2.28. The number of hydrogen-bond donors (Lipinski definition) is 2. The third-order valence-corrected chi connectivity index (χ3v) is 6.40. The van der Waals surface area contributed by atoms with Crippen LogP contribution in [0.3, 0.4) is 0 Å². The van der Waals surface area contributed by atoms with E-state index in [1.165, 1.54) is 12.8 Å². The van der Waals surface area contributed by atoms with Gasteiger partial charge in [-0.25, -0.2) is 8.42 Å². The topological polar surface area (TPSA) is 75.6 Å². The molecule has 0 aromatic heterocycles. The summed E-state index contributed by atoms with van der Waals surface area (Å²) in [7, 11) is -2.81. The molecule has 1 aliphatic heterocycles. The SMILES string of the molecule is CC1CCC(OCC(O)CNC2CCS(=O)(=O)CC2)CC1. The summed E-state index contributed by atoms with van der Waals surface area (Å²) < 4.78 is 28.5. The van der Waals surface area contributed by atoms with E-state index in [0.29, 0.717) is 32.1 Å². The smallest absolute Gasteiger partial charge is 0.150 e. The lowest BCUT2D eigenvalue weighted by molar-refractivity contribution is -0.0284. The Morgan fingerprint density at radius 3 is 2.38 bits per heavy atom. The molecule has 0 amide bonds. The second-order valence-electron chi connectivity index (χ2n) is 6.70. The van der Waals surface area contributed by atoms with Crippen molar-refractivity contribution in [1.82, 2.24) is 5.32 Å². The highest BCUT2D eigenvalue weighted by Gasteiger charge is 2.24. The van der Waals surface area contributed by atoms with Gasteiger partial charge in [0, 0.05) is 12.6 Å². The van der Waals surface area contributed by atoms with Crippen molar-refractivity contribution in [2.24, 2.45) is 5.92 Å². The van der Waals surface area contributed by atoms with Crippen LogP contribution < -0.4 is 5.32 Å². The van der Waals surface area contributed by atoms with Crippen LogP contribution in [0.5, 0.6) is 0 Å². The fourth-order valence-electron chi connectivity index (χ4n) is 3.10. The summed E-state index contributed by atoms with van der Waals surface area (Å²) in [4.78, 5) is 0. The number of aliphatic hydroxyl groups is 1. The minimum absolute atomic E-state index is 0.207. The molecule has 1 heterocycles. The van der Waals surface area contributed by atoms with Gasteiger partial charge in [-0.3, -0.25) is 0 Å². The van der Waals surface area contributed by atoms with Gasteiger partial charge in [-0.15, -0.1) is 0 Å². The summed E-state index contributed by atoms with van der Waals surface area (Å²) in [5.74, 6) is 1.33. The maximum Gasteiger partial charge on any atom is 0.150 e. The normalized spacial score (nSPS) is 31.9. The van der Waals surface area contributed by atoms with E-state index in [9.17, 15) is 13.5 Å². The van der Waals surface area contributed by atoms with Crippen LogP contribution >= 0.6 is 0 Å². The molecule has 0 aromatic carbocycles. The minimum atomic E-state index is -2.81. The Balaban J connectivity index is 1.56. The molecule has 2 aliphatic rings. The van der Waals surface area contributed by atoms with Crippen molar-refractivity contribution in [3.8, 4) is 0 Å². The molecule has 21 heavy (non-hydrogen) atoms. The van der Waals surface area contributed by atoms with Crippen molar-refractivity contribution in [1.29, 1.82) is 0 Å². The Morgan fingerprint density at radius 2 is 1.76 bits per heavy atom. The molecule has 2 rings (SSSR count). The van der Waals surface area contributed by atoms with Crippen molar-refractivity contribution >= 4 is 9.84 Å². The number of ether oxygens (including phenoxy) is 1. The van der Waals surface area contributed by atoms with E-state index in [4.69, 9.17) is 4.74 Å². The van der Waals surface area contributed by atoms with E-state index >= 15 is 0 Å². The molecule has 0 radical (unpaired) electrons. The van der Waals surface area contributed by atoms with E-state index in [1.54, 1.807) is 0 Å². The first-order valence-corrected chi connectivity index (χ1v) is 10.0. The van der Waals surface area contributed by atoms with Crippen LogP contribution in [0.2, 0.25) is 0 Å². The van der Waals surface area contributed by atoms with Gasteiger partial charge in [0.2, 0.25) is 0 Å². The van der Waals surface area contributed by atoms with Crippen LogP contribution in [0.1, 0.15) is 45.4 Å². The number of sulfone groups is 1. The van der Waals surface area contributed by atoms with E-state index in [1.807, 2.05) is 0 Å². The van der Waals surface area contributed by atoms with Crippen LogP contribution in [0, 0.1) is 5.92 Å². The zero-order valence-corrected chi connectivity index (χ0v) is 13.8. The largest absolute Gasteiger partial charge is 0.389 e. The molecule has 1 saturated carbocycles. The molecule has 0 spiro atoms. The molecule has 2 N–H and O–H groups in total. The standard InChI is InChI=1S/C15H29NO4S/c1-12-2-4-15(5-3-12)20-11-14(17)10-16-13-6-8-21(18,19)9-7-13/h12-17H,2-11H2,1H3. The lowest BCUT2D eigenvalue weighted by Crippen LogP contribution is -2.42. The molecule has 2 fully saturated rings. The maximum atomic E-state index is 11.3. The van der Waals surface area contributed by atoms with Gasteiger partial charge in [0.05, 0.1) is 30.3 Å². The van der Waals surface area contributed by atoms with Crippen LogP contribution in [0.15, 0.2) is 0 Å². The highest BCUT2D eigenvalue weighted by Crippen LogP contribution is 2.25. The van der Waals surface area contributed by atoms with Crippen LogP contribution in [0.25, 0.3) is 0 Å². The van der Waals surface area contributed by atoms with E-state index in [0.717, 1.165) is 18.8 Å². The minimum Gasteiger partial charge on any atom is -0.389 e.